The van der Waals surface area contributed by atoms with E-state index in [2.05, 4.69) is 244 Å². The Bertz CT molecular complexity index is 2500. The number of hydrogen-bond acceptors (Lipinski definition) is 2. The van der Waals surface area contributed by atoms with Crippen molar-refractivity contribution in [2.45, 2.75) is 65.2 Å². The first-order valence-corrected chi connectivity index (χ1v) is 21.8. The minimum atomic E-state index is 0.608. The number of rotatable bonds is 12. The Balaban J connectivity index is 0.000000167. The summed E-state index contributed by atoms with van der Waals surface area (Å²) in [4.78, 5) is 4.64. The molecule has 1 aliphatic carbocycles. The van der Waals surface area contributed by atoms with E-state index >= 15 is 0 Å². The number of hydrogen-bond donors (Lipinski definition) is 0. The summed E-state index contributed by atoms with van der Waals surface area (Å²) in [5, 5.41) is 0. The fraction of sp³-hybridized carbons (Fsp3) is 0.172. The van der Waals surface area contributed by atoms with Gasteiger partial charge in [-0.1, -0.05) is 161 Å². The molecule has 0 aromatic heterocycles. The van der Waals surface area contributed by atoms with Crippen LogP contribution >= 0.6 is 0 Å². The maximum Gasteiger partial charge on any atom is 0.0464 e. The van der Waals surface area contributed by atoms with Crippen LogP contribution in [0.2, 0.25) is 0 Å². The zero-order chi connectivity index (χ0) is 41.3. The molecule has 0 bridgehead atoms. The third kappa shape index (κ3) is 9.14. The van der Waals surface area contributed by atoms with Crippen molar-refractivity contribution in [2.75, 3.05) is 9.80 Å². The lowest BCUT2D eigenvalue weighted by Gasteiger charge is -2.28. The third-order valence-electron chi connectivity index (χ3n) is 12.3. The summed E-state index contributed by atoms with van der Waals surface area (Å²) in [6, 6.07) is 74.4. The largest absolute Gasteiger partial charge is 0.311 e. The van der Waals surface area contributed by atoms with E-state index in [4.69, 9.17) is 0 Å². The Morgan fingerprint density at radius 2 is 0.633 bits per heavy atom. The Labute approximate surface area is 358 Å². The van der Waals surface area contributed by atoms with Gasteiger partial charge in [0, 0.05) is 34.1 Å². The van der Waals surface area contributed by atoms with Crippen LogP contribution in [0, 0.1) is 0 Å². The van der Waals surface area contributed by atoms with Crippen molar-refractivity contribution >= 4 is 34.1 Å². The Hall–Kier alpha value is -6.64. The average molecular weight is 781 g/mol. The Morgan fingerprint density at radius 1 is 0.333 bits per heavy atom. The fourth-order valence-electron chi connectivity index (χ4n) is 8.03. The van der Waals surface area contributed by atoms with E-state index in [0.29, 0.717) is 11.8 Å². The summed E-state index contributed by atoms with van der Waals surface area (Å²) in [6.07, 6.45) is 4.75. The molecule has 0 fully saturated rings. The van der Waals surface area contributed by atoms with Crippen LogP contribution in [0.5, 0.6) is 0 Å². The molecule has 2 unspecified atom stereocenters. The molecular formula is C58H56N2. The Kier molecular flexibility index (Phi) is 12.7. The number of aryl methyl sites for hydroxylation is 2. The molecule has 0 saturated heterocycles. The van der Waals surface area contributed by atoms with Crippen LogP contribution in [0.1, 0.15) is 74.6 Å². The van der Waals surface area contributed by atoms with Gasteiger partial charge in [0.25, 0.3) is 0 Å². The van der Waals surface area contributed by atoms with Gasteiger partial charge >= 0.3 is 0 Å². The van der Waals surface area contributed by atoms with Gasteiger partial charge in [-0.3, -0.25) is 0 Å². The highest BCUT2D eigenvalue weighted by atomic mass is 15.1. The fourth-order valence-corrected chi connectivity index (χ4v) is 8.03. The summed E-state index contributed by atoms with van der Waals surface area (Å²) < 4.78 is 0. The molecule has 0 aliphatic heterocycles. The maximum absolute atomic E-state index is 2.36. The lowest BCUT2D eigenvalue weighted by molar-refractivity contribution is 0.734. The van der Waals surface area contributed by atoms with Crippen LogP contribution in [0.4, 0.5) is 34.1 Å². The van der Waals surface area contributed by atoms with E-state index in [9.17, 15) is 0 Å². The molecule has 60 heavy (non-hydrogen) atoms. The van der Waals surface area contributed by atoms with Gasteiger partial charge in [-0.25, -0.2) is 0 Å². The van der Waals surface area contributed by atoms with Crippen molar-refractivity contribution in [1.29, 1.82) is 0 Å². The van der Waals surface area contributed by atoms with Gasteiger partial charge in [0.2, 0.25) is 0 Å². The van der Waals surface area contributed by atoms with Crippen LogP contribution in [0.25, 0.3) is 22.3 Å². The summed E-state index contributed by atoms with van der Waals surface area (Å²) in [7, 11) is 0. The predicted molar refractivity (Wildman–Crippen MR) is 258 cm³/mol. The van der Waals surface area contributed by atoms with Crippen molar-refractivity contribution < 1.29 is 0 Å². The highest BCUT2D eigenvalue weighted by Gasteiger charge is 2.18. The number of benzene rings is 8. The molecule has 8 aromatic carbocycles. The predicted octanol–water partition coefficient (Wildman–Crippen LogP) is 16.8. The van der Waals surface area contributed by atoms with Crippen LogP contribution in [-0.4, -0.2) is 0 Å². The molecule has 0 saturated carbocycles. The molecule has 9 rings (SSSR count). The van der Waals surface area contributed by atoms with Crippen LogP contribution < -0.4 is 9.80 Å². The van der Waals surface area contributed by atoms with Gasteiger partial charge in [-0.2, -0.15) is 0 Å². The van der Waals surface area contributed by atoms with Gasteiger partial charge in [-0.05, 0) is 155 Å². The van der Waals surface area contributed by atoms with Gasteiger partial charge in [-0.15, -0.1) is 0 Å². The molecule has 0 radical (unpaired) electrons. The summed E-state index contributed by atoms with van der Waals surface area (Å²) in [6.45, 7) is 9.06. The number of para-hydroxylation sites is 3. The lowest BCUT2D eigenvalue weighted by Crippen LogP contribution is -2.13. The molecule has 0 spiro atoms. The SMILES string of the molecule is CCC(C)c1ccc(-c2ccc(N(c3ccccc3)c3ccc4c(c3)CC4)cc2)cc1.CCC(C)c1ccc(-c2ccc(N(c3ccccc3)c3ccccc3)cc2)cc1. The van der Waals surface area contributed by atoms with E-state index in [-0.39, 0.29) is 0 Å². The second kappa shape index (κ2) is 19.0. The third-order valence-corrected chi connectivity index (χ3v) is 12.3. The van der Waals surface area contributed by atoms with Gasteiger partial charge < -0.3 is 9.80 Å². The van der Waals surface area contributed by atoms with E-state index in [1.807, 2.05) is 0 Å². The highest BCUT2D eigenvalue weighted by Crippen LogP contribution is 2.39. The van der Waals surface area contributed by atoms with Crippen LogP contribution in [-0.2, 0) is 12.8 Å². The van der Waals surface area contributed by atoms with E-state index in [1.54, 1.807) is 0 Å². The van der Waals surface area contributed by atoms with Crippen molar-refractivity contribution in [1.82, 2.24) is 0 Å². The summed E-state index contributed by atoms with van der Waals surface area (Å²) in [5.41, 5.74) is 17.9. The number of anilines is 6. The topological polar surface area (TPSA) is 6.48 Å². The Morgan fingerprint density at radius 3 is 0.950 bits per heavy atom. The standard InChI is InChI=1S/C30H29N.C28H27N/c1-3-22(2)23-9-11-24(12-10-23)25-15-18-29(19-16-25)31(28-7-5-4-6-8-28)30-20-17-26-13-14-27(26)21-30;1-3-22(2)23-14-16-24(17-15-23)25-18-20-28(21-19-25)29(26-10-6-4-7-11-26)27-12-8-5-9-13-27/h4-12,15-22H,3,13-14H2,1-2H3;4-22H,3H2,1-2H3. The number of nitrogens with zero attached hydrogens (tertiary/aromatic N) is 2. The van der Waals surface area contributed by atoms with Crippen molar-refractivity contribution in [2.24, 2.45) is 0 Å². The van der Waals surface area contributed by atoms with Gasteiger partial charge in [0.15, 0.2) is 0 Å². The van der Waals surface area contributed by atoms with E-state index in [0.717, 1.165) is 17.1 Å². The molecule has 2 atom stereocenters. The van der Waals surface area contributed by atoms with Gasteiger partial charge in [0.05, 0.1) is 0 Å². The smallest absolute Gasteiger partial charge is 0.0464 e. The zero-order valence-electron chi connectivity index (χ0n) is 35.5. The summed E-state index contributed by atoms with van der Waals surface area (Å²) in [5.74, 6) is 1.22. The molecule has 8 aromatic rings. The maximum atomic E-state index is 2.36. The minimum absolute atomic E-state index is 0.608. The molecule has 0 amide bonds. The van der Waals surface area contributed by atoms with Crippen LogP contribution in [0.3, 0.4) is 0 Å². The quantitative estimate of drug-likeness (QED) is 0.122. The van der Waals surface area contributed by atoms with Crippen molar-refractivity contribution in [3.05, 3.63) is 229 Å². The normalized spacial score (nSPS) is 12.5. The van der Waals surface area contributed by atoms with Crippen molar-refractivity contribution in [3.63, 3.8) is 0 Å². The second-order valence-corrected chi connectivity index (χ2v) is 16.1. The highest BCUT2D eigenvalue weighted by molar-refractivity contribution is 5.80. The van der Waals surface area contributed by atoms with E-state index in [1.165, 1.54) is 87.3 Å². The first kappa shape index (κ1) is 40.2. The molecule has 2 heteroatoms. The van der Waals surface area contributed by atoms with Gasteiger partial charge in [0.1, 0.15) is 0 Å². The summed E-state index contributed by atoms with van der Waals surface area (Å²) >= 11 is 0. The zero-order valence-corrected chi connectivity index (χ0v) is 35.5. The number of fused-ring (bicyclic) bond motifs is 1. The molecular weight excluding hydrogens is 725 g/mol. The van der Waals surface area contributed by atoms with E-state index < -0.39 is 0 Å². The molecule has 2 nitrogen and oxygen atoms in total. The first-order valence-electron chi connectivity index (χ1n) is 21.8. The molecule has 298 valence electrons. The van der Waals surface area contributed by atoms with Crippen molar-refractivity contribution in [3.8, 4) is 22.3 Å². The first-order chi connectivity index (χ1) is 29.5. The minimum Gasteiger partial charge on any atom is -0.311 e. The second-order valence-electron chi connectivity index (χ2n) is 16.1. The molecule has 1 aliphatic rings. The average Bonchev–Trinajstić information content (AvgIpc) is 3.31. The monoisotopic (exact) mass is 780 g/mol. The molecule has 0 N–H and O–H groups in total. The lowest BCUT2D eigenvalue weighted by atomic mass is 9.88. The van der Waals surface area contributed by atoms with Crippen LogP contribution in [0.15, 0.2) is 206 Å². The molecule has 0 heterocycles.